The summed E-state index contributed by atoms with van der Waals surface area (Å²) in [5.74, 6) is 1.43. The maximum absolute atomic E-state index is 11.9. The quantitative estimate of drug-likeness (QED) is 0.812. The van der Waals surface area contributed by atoms with Crippen LogP contribution in [0.15, 0.2) is 48.5 Å². The molecule has 0 saturated heterocycles. The smallest absolute Gasteiger partial charge is 0.123 e. The second-order valence-electron chi connectivity index (χ2n) is 4.04. The molecule has 0 unspecified atom stereocenters. The molecule has 0 saturated carbocycles. The monoisotopic (exact) mass is 261 g/mol. The third-order valence-electron chi connectivity index (χ3n) is 2.55. The minimum absolute atomic E-state index is 0.0846. The first-order valence-corrected chi connectivity index (χ1v) is 6.04. The van der Waals surface area contributed by atoms with Crippen molar-refractivity contribution in [3.8, 4) is 11.5 Å². The van der Waals surface area contributed by atoms with E-state index in [1.54, 1.807) is 24.3 Å². The zero-order chi connectivity index (χ0) is 13.5. The fourth-order valence-electron chi connectivity index (χ4n) is 1.57. The molecule has 2 rings (SSSR count). The Bertz CT molecular complexity index is 497. The third-order valence-corrected chi connectivity index (χ3v) is 2.55. The minimum Gasteiger partial charge on any atom is -0.491 e. The summed E-state index contributed by atoms with van der Waals surface area (Å²) in [4.78, 5) is 0. The standard InChI is InChI=1S/C15H16FNO2/c16-9-10-18-14-5-1-12(2-6-14)11-19-15-7-3-13(17)4-8-15/h1-8H,9-11,17H2. The van der Waals surface area contributed by atoms with Gasteiger partial charge >= 0.3 is 0 Å². The van der Waals surface area contributed by atoms with Gasteiger partial charge < -0.3 is 15.2 Å². The maximum Gasteiger partial charge on any atom is 0.123 e. The van der Waals surface area contributed by atoms with Crippen LogP contribution in [0.1, 0.15) is 5.56 Å². The van der Waals surface area contributed by atoms with Crippen molar-refractivity contribution < 1.29 is 13.9 Å². The van der Waals surface area contributed by atoms with Gasteiger partial charge in [-0.3, -0.25) is 0 Å². The lowest BCUT2D eigenvalue weighted by Gasteiger charge is -2.08. The second-order valence-corrected chi connectivity index (χ2v) is 4.04. The van der Waals surface area contributed by atoms with Gasteiger partial charge in [-0.05, 0) is 42.0 Å². The summed E-state index contributed by atoms with van der Waals surface area (Å²) in [5.41, 5.74) is 7.32. The molecule has 0 heterocycles. The Morgan fingerprint density at radius 1 is 0.842 bits per heavy atom. The van der Waals surface area contributed by atoms with Gasteiger partial charge in [0.2, 0.25) is 0 Å². The van der Waals surface area contributed by atoms with E-state index in [0.717, 1.165) is 11.3 Å². The molecular formula is C15H16FNO2. The van der Waals surface area contributed by atoms with Crippen LogP contribution in [0.5, 0.6) is 11.5 Å². The molecule has 0 spiro atoms. The Morgan fingerprint density at radius 3 is 2.05 bits per heavy atom. The van der Waals surface area contributed by atoms with Crippen molar-refractivity contribution in [2.45, 2.75) is 6.61 Å². The number of nitrogen functional groups attached to an aromatic ring is 1. The van der Waals surface area contributed by atoms with Crippen LogP contribution in [0, 0.1) is 0 Å². The Morgan fingerprint density at radius 2 is 1.42 bits per heavy atom. The van der Waals surface area contributed by atoms with E-state index in [1.807, 2.05) is 24.3 Å². The van der Waals surface area contributed by atoms with E-state index >= 15 is 0 Å². The fraction of sp³-hybridized carbons (Fsp3) is 0.200. The molecule has 0 radical (unpaired) electrons. The van der Waals surface area contributed by atoms with Gasteiger partial charge in [0.25, 0.3) is 0 Å². The predicted molar refractivity (Wildman–Crippen MR) is 73.1 cm³/mol. The largest absolute Gasteiger partial charge is 0.491 e. The molecule has 19 heavy (non-hydrogen) atoms. The number of benzene rings is 2. The number of rotatable bonds is 6. The maximum atomic E-state index is 11.9. The molecule has 0 atom stereocenters. The van der Waals surface area contributed by atoms with E-state index in [2.05, 4.69) is 0 Å². The van der Waals surface area contributed by atoms with Crippen LogP contribution >= 0.6 is 0 Å². The lowest BCUT2D eigenvalue weighted by atomic mass is 10.2. The first-order chi connectivity index (χ1) is 9.28. The Balaban J connectivity index is 1.87. The molecule has 2 aromatic carbocycles. The van der Waals surface area contributed by atoms with E-state index in [-0.39, 0.29) is 6.61 Å². The van der Waals surface area contributed by atoms with Crippen LogP contribution in [-0.4, -0.2) is 13.3 Å². The molecule has 3 nitrogen and oxygen atoms in total. The van der Waals surface area contributed by atoms with Crippen molar-refractivity contribution >= 4 is 5.69 Å². The Kier molecular flexibility index (Phi) is 4.61. The zero-order valence-corrected chi connectivity index (χ0v) is 10.5. The average Bonchev–Trinajstić information content (AvgIpc) is 2.46. The van der Waals surface area contributed by atoms with E-state index in [1.165, 1.54) is 0 Å². The number of nitrogens with two attached hydrogens (primary N) is 1. The molecule has 4 heteroatoms. The molecule has 0 fully saturated rings. The number of hydrogen-bond donors (Lipinski definition) is 1. The van der Waals surface area contributed by atoms with Crippen molar-refractivity contribution in [3.63, 3.8) is 0 Å². The molecule has 0 amide bonds. The summed E-state index contributed by atoms with van der Waals surface area (Å²) in [6.07, 6.45) is 0. The minimum atomic E-state index is -0.484. The lowest BCUT2D eigenvalue weighted by Crippen LogP contribution is -1.99. The van der Waals surface area contributed by atoms with Crippen molar-refractivity contribution in [2.75, 3.05) is 19.0 Å². The molecule has 0 aliphatic heterocycles. The van der Waals surface area contributed by atoms with Crippen molar-refractivity contribution in [1.29, 1.82) is 0 Å². The van der Waals surface area contributed by atoms with Crippen LogP contribution in [-0.2, 0) is 6.61 Å². The highest BCUT2D eigenvalue weighted by atomic mass is 19.1. The van der Waals surface area contributed by atoms with Crippen LogP contribution in [0.3, 0.4) is 0 Å². The third kappa shape index (κ3) is 4.17. The van der Waals surface area contributed by atoms with Crippen molar-refractivity contribution in [2.24, 2.45) is 0 Å². The van der Waals surface area contributed by atoms with E-state index in [4.69, 9.17) is 15.2 Å². The van der Waals surface area contributed by atoms with Gasteiger partial charge in [-0.25, -0.2) is 4.39 Å². The summed E-state index contributed by atoms with van der Waals surface area (Å²) in [6, 6.07) is 14.6. The summed E-state index contributed by atoms with van der Waals surface area (Å²) in [6.45, 7) is 0.0661. The zero-order valence-electron chi connectivity index (χ0n) is 10.5. The first kappa shape index (κ1) is 13.2. The van der Waals surface area contributed by atoms with Crippen LogP contribution < -0.4 is 15.2 Å². The van der Waals surface area contributed by atoms with E-state index < -0.39 is 6.67 Å². The van der Waals surface area contributed by atoms with Crippen LogP contribution in [0.4, 0.5) is 10.1 Å². The van der Waals surface area contributed by atoms with Gasteiger partial charge in [-0.1, -0.05) is 12.1 Å². The van der Waals surface area contributed by atoms with Crippen LogP contribution in [0.2, 0.25) is 0 Å². The summed E-state index contributed by atoms with van der Waals surface area (Å²) in [7, 11) is 0. The summed E-state index contributed by atoms with van der Waals surface area (Å²) >= 11 is 0. The molecule has 0 bridgehead atoms. The Labute approximate surface area is 111 Å². The molecule has 0 aliphatic rings. The van der Waals surface area contributed by atoms with Gasteiger partial charge in [0.15, 0.2) is 0 Å². The molecule has 0 aromatic heterocycles. The molecule has 2 N–H and O–H groups in total. The summed E-state index contributed by atoms with van der Waals surface area (Å²) < 4.78 is 22.7. The molecule has 100 valence electrons. The van der Waals surface area contributed by atoms with E-state index in [0.29, 0.717) is 18.0 Å². The highest BCUT2D eigenvalue weighted by molar-refractivity contribution is 5.41. The molecule has 2 aromatic rings. The predicted octanol–water partition coefficient (Wildman–Crippen LogP) is 3.20. The van der Waals surface area contributed by atoms with Gasteiger partial charge in [0.1, 0.15) is 31.4 Å². The first-order valence-electron chi connectivity index (χ1n) is 6.04. The van der Waals surface area contributed by atoms with Gasteiger partial charge in [-0.15, -0.1) is 0 Å². The van der Waals surface area contributed by atoms with Crippen LogP contribution in [0.25, 0.3) is 0 Å². The number of ether oxygens (including phenoxy) is 2. The fourth-order valence-corrected chi connectivity index (χ4v) is 1.57. The topological polar surface area (TPSA) is 44.5 Å². The highest BCUT2D eigenvalue weighted by Crippen LogP contribution is 2.17. The SMILES string of the molecule is Nc1ccc(OCc2ccc(OCCF)cc2)cc1. The van der Waals surface area contributed by atoms with Crippen molar-refractivity contribution in [1.82, 2.24) is 0 Å². The normalized spacial score (nSPS) is 10.2. The second kappa shape index (κ2) is 6.64. The molecule has 0 aliphatic carbocycles. The van der Waals surface area contributed by atoms with Crippen molar-refractivity contribution in [3.05, 3.63) is 54.1 Å². The van der Waals surface area contributed by atoms with Gasteiger partial charge in [-0.2, -0.15) is 0 Å². The Hall–Kier alpha value is -2.23. The number of hydrogen-bond acceptors (Lipinski definition) is 3. The summed E-state index contributed by atoms with van der Waals surface area (Å²) in [5, 5.41) is 0. The number of alkyl halides is 1. The van der Waals surface area contributed by atoms with Gasteiger partial charge in [0, 0.05) is 5.69 Å². The van der Waals surface area contributed by atoms with Gasteiger partial charge in [0.05, 0.1) is 0 Å². The van der Waals surface area contributed by atoms with E-state index in [9.17, 15) is 4.39 Å². The number of halogens is 1. The highest BCUT2D eigenvalue weighted by Gasteiger charge is 1.98. The molecular weight excluding hydrogens is 245 g/mol. The average molecular weight is 261 g/mol. The lowest BCUT2D eigenvalue weighted by molar-refractivity contribution is 0.272. The number of anilines is 1.